The van der Waals surface area contributed by atoms with E-state index < -0.39 is 0 Å². The lowest BCUT2D eigenvalue weighted by atomic mass is 9.92. The summed E-state index contributed by atoms with van der Waals surface area (Å²) >= 11 is 7.39. The highest BCUT2D eigenvalue weighted by atomic mass is 35.5. The molecule has 1 aromatic heterocycles. The Hall–Kier alpha value is -1.54. The Morgan fingerprint density at radius 3 is 3.00 bits per heavy atom. The minimum atomic E-state index is -0.373. The maximum atomic E-state index is 12.7. The molecule has 9 heteroatoms. The van der Waals surface area contributed by atoms with Crippen LogP contribution >= 0.6 is 22.9 Å². The van der Waals surface area contributed by atoms with Gasteiger partial charge in [0, 0.05) is 39.1 Å². The molecule has 2 aliphatic rings. The molecule has 2 atom stereocenters. The number of rotatable bonds is 2. The largest absolute Gasteiger partial charge is 0.449 e. The number of alkyl carbamates (subject to hydrolysis) is 1. The molecule has 7 nitrogen and oxygen atoms in total. The van der Waals surface area contributed by atoms with E-state index in [-0.39, 0.29) is 29.1 Å². The number of nitrogens with one attached hydrogen (secondary N) is 1. The molecule has 3 heterocycles. The van der Waals surface area contributed by atoms with Gasteiger partial charge in [0.25, 0.3) is 5.91 Å². The van der Waals surface area contributed by atoms with Gasteiger partial charge in [-0.15, -0.1) is 0 Å². The summed E-state index contributed by atoms with van der Waals surface area (Å²) in [4.78, 5) is 32.1. The van der Waals surface area contributed by atoms with Gasteiger partial charge in [-0.2, -0.15) is 0 Å². The number of anilines is 1. The van der Waals surface area contributed by atoms with Gasteiger partial charge in [-0.1, -0.05) is 22.9 Å². The molecule has 2 amide bonds. The van der Waals surface area contributed by atoms with Crippen molar-refractivity contribution in [3.8, 4) is 0 Å². The molecule has 120 valence electrons. The second-order valence-corrected chi connectivity index (χ2v) is 7.00. The first kappa shape index (κ1) is 15.4. The van der Waals surface area contributed by atoms with Crippen molar-refractivity contribution >= 4 is 40.1 Å². The predicted octanol–water partition coefficient (Wildman–Crippen LogP) is 1.43. The predicted molar refractivity (Wildman–Crippen MR) is 83.7 cm³/mol. The molecule has 3 rings (SSSR count). The highest BCUT2D eigenvalue weighted by molar-refractivity contribution is 7.18. The van der Waals surface area contributed by atoms with E-state index in [1.807, 2.05) is 19.0 Å². The molecule has 2 fully saturated rings. The smallest absolute Gasteiger partial charge is 0.407 e. The lowest BCUT2D eigenvalue weighted by Gasteiger charge is -2.40. The third kappa shape index (κ3) is 2.85. The van der Waals surface area contributed by atoms with Gasteiger partial charge in [-0.3, -0.25) is 4.79 Å². The van der Waals surface area contributed by atoms with E-state index in [9.17, 15) is 9.59 Å². The number of halogens is 1. The highest BCUT2D eigenvalue weighted by Crippen LogP contribution is 2.31. The second-order valence-electron chi connectivity index (χ2n) is 5.66. The number of aromatic nitrogens is 1. The van der Waals surface area contributed by atoms with Crippen LogP contribution in [0.15, 0.2) is 0 Å². The van der Waals surface area contributed by atoms with E-state index in [0.29, 0.717) is 29.7 Å². The van der Waals surface area contributed by atoms with Crippen molar-refractivity contribution in [1.82, 2.24) is 15.2 Å². The lowest BCUT2D eigenvalue weighted by Crippen LogP contribution is -2.57. The minimum absolute atomic E-state index is 0.0829. The summed E-state index contributed by atoms with van der Waals surface area (Å²) in [6.45, 7) is 1.49. The van der Waals surface area contributed by atoms with Crippen LogP contribution in [0.2, 0.25) is 5.15 Å². The average Bonchev–Trinajstić information content (AvgIpc) is 2.88. The zero-order valence-electron chi connectivity index (χ0n) is 12.3. The molecule has 0 bridgehead atoms. The molecule has 1 aromatic rings. The molecular formula is C13H17ClN4O3S. The lowest BCUT2D eigenvalue weighted by molar-refractivity contribution is 0.0327. The van der Waals surface area contributed by atoms with E-state index in [2.05, 4.69) is 10.3 Å². The summed E-state index contributed by atoms with van der Waals surface area (Å²) < 4.78 is 5.01. The molecule has 1 N–H and O–H groups in total. The first-order chi connectivity index (χ1) is 10.5. The quantitative estimate of drug-likeness (QED) is 0.878. The SMILES string of the molecule is CN(C)c1nc(Cl)c(C(=O)N2CC[C@@H]3NC(=O)OC[C@H]3C2)s1. The number of carbonyl (C=O) groups is 2. The summed E-state index contributed by atoms with van der Waals surface area (Å²) in [5.74, 6) is 0.0152. The molecule has 2 aliphatic heterocycles. The highest BCUT2D eigenvalue weighted by Gasteiger charge is 2.37. The van der Waals surface area contributed by atoms with Crippen molar-refractivity contribution in [2.45, 2.75) is 12.5 Å². The van der Waals surface area contributed by atoms with Gasteiger partial charge in [0.05, 0.1) is 6.61 Å². The molecule has 0 radical (unpaired) electrons. The summed E-state index contributed by atoms with van der Waals surface area (Å²) in [6.07, 6.45) is 0.352. The molecule has 0 aromatic carbocycles. The van der Waals surface area contributed by atoms with Crippen LogP contribution in [-0.4, -0.2) is 61.7 Å². The van der Waals surface area contributed by atoms with E-state index in [0.717, 1.165) is 6.42 Å². The van der Waals surface area contributed by atoms with Crippen LogP contribution in [0.25, 0.3) is 0 Å². The van der Waals surface area contributed by atoms with E-state index in [1.165, 1.54) is 11.3 Å². The Bertz CT molecular complexity index is 606. The number of nitrogens with zero attached hydrogens (tertiary/aromatic N) is 3. The number of thiazole rings is 1. The number of carbonyl (C=O) groups excluding carboxylic acids is 2. The molecule has 2 saturated heterocycles. The van der Waals surface area contributed by atoms with Crippen LogP contribution in [0.3, 0.4) is 0 Å². The Kier molecular flexibility index (Phi) is 4.14. The number of hydrogen-bond acceptors (Lipinski definition) is 6. The normalized spacial score (nSPS) is 24.3. The van der Waals surface area contributed by atoms with Crippen LogP contribution in [0, 0.1) is 5.92 Å². The Morgan fingerprint density at radius 1 is 1.55 bits per heavy atom. The summed E-state index contributed by atoms with van der Waals surface area (Å²) in [5.41, 5.74) is 0. The molecule has 0 saturated carbocycles. The molecule has 0 aliphatic carbocycles. The molecular weight excluding hydrogens is 328 g/mol. The topological polar surface area (TPSA) is 74.8 Å². The number of likely N-dealkylation sites (tertiary alicyclic amines) is 1. The first-order valence-electron chi connectivity index (χ1n) is 7.02. The average molecular weight is 345 g/mol. The van der Waals surface area contributed by atoms with Crippen LogP contribution in [0.4, 0.5) is 9.93 Å². The molecule has 22 heavy (non-hydrogen) atoms. The number of hydrogen-bond donors (Lipinski definition) is 1. The van der Waals surface area contributed by atoms with Crippen molar-refractivity contribution in [2.75, 3.05) is 38.7 Å². The van der Waals surface area contributed by atoms with E-state index in [1.54, 1.807) is 4.90 Å². The Balaban J connectivity index is 1.72. The van der Waals surface area contributed by atoms with Crippen molar-refractivity contribution < 1.29 is 14.3 Å². The molecule has 0 unspecified atom stereocenters. The third-order valence-corrected chi connectivity index (χ3v) is 5.50. The zero-order valence-corrected chi connectivity index (χ0v) is 13.9. The van der Waals surface area contributed by atoms with Crippen molar-refractivity contribution in [1.29, 1.82) is 0 Å². The van der Waals surface area contributed by atoms with Gasteiger partial charge < -0.3 is 19.9 Å². The third-order valence-electron chi connectivity index (χ3n) is 3.90. The Labute approximate surface area is 137 Å². The monoisotopic (exact) mass is 344 g/mol. The molecule has 0 spiro atoms. The maximum Gasteiger partial charge on any atom is 0.407 e. The van der Waals surface area contributed by atoms with Crippen LogP contribution in [0.5, 0.6) is 0 Å². The number of amides is 2. The van der Waals surface area contributed by atoms with Gasteiger partial charge in [-0.05, 0) is 6.42 Å². The summed E-state index contributed by atoms with van der Waals surface area (Å²) in [5, 5.41) is 3.76. The number of piperidine rings is 1. The van der Waals surface area contributed by atoms with Crippen LogP contribution in [0.1, 0.15) is 16.1 Å². The van der Waals surface area contributed by atoms with Gasteiger partial charge >= 0.3 is 6.09 Å². The van der Waals surface area contributed by atoms with Gasteiger partial charge in [0.15, 0.2) is 10.3 Å². The van der Waals surface area contributed by atoms with E-state index >= 15 is 0 Å². The van der Waals surface area contributed by atoms with Crippen molar-refractivity contribution in [3.05, 3.63) is 10.0 Å². The number of fused-ring (bicyclic) bond motifs is 1. The standard InChI is InChI=1S/C13H17ClN4O3S/c1-17(2)12-16-10(14)9(22-12)11(19)18-4-3-8-7(5-18)6-21-13(20)15-8/h7-8H,3-6H2,1-2H3,(H,15,20)/t7-,8+/m1/s1. The fourth-order valence-corrected chi connectivity index (χ4v) is 3.88. The minimum Gasteiger partial charge on any atom is -0.449 e. The van der Waals surface area contributed by atoms with Gasteiger partial charge in [0.1, 0.15) is 4.88 Å². The Morgan fingerprint density at radius 2 is 2.32 bits per heavy atom. The summed E-state index contributed by atoms with van der Waals surface area (Å²) in [6, 6.07) is 0.0829. The zero-order chi connectivity index (χ0) is 15.9. The second kappa shape index (κ2) is 5.92. The van der Waals surface area contributed by atoms with E-state index in [4.69, 9.17) is 16.3 Å². The van der Waals surface area contributed by atoms with Gasteiger partial charge in [-0.25, -0.2) is 9.78 Å². The fourth-order valence-electron chi connectivity index (χ4n) is 2.71. The van der Waals surface area contributed by atoms with Crippen LogP contribution in [-0.2, 0) is 4.74 Å². The first-order valence-corrected chi connectivity index (χ1v) is 8.21. The number of ether oxygens (including phenoxy) is 1. The van der Waals surface area contributed by atoms with Crippen molar-refractivity contribution in [3.63, 3.8) is 0 Å². The fraction of sp³-hybridized carbons (Fsp3) is 0.615. The summed E-state index contributed by atoms with van der Waals surface area (Å²) in [7, 11) is 3.72. The number of cyclic esters (lactones) is 1. The van der Waals surface area contributed by atoms with Crippen molar-refractivity contribution in [2.24, 2.45) is 5.92 Å². The van der Waals surface area contributed by atoms with Crippen LogP contribution < -0.4 is 10.2 Å². The maximum absolute atomic E-state index is 12.7. The van der Waals surface area contributed by atoms with Gasteiger partial charge in [0.2, 0.25) is 0 Å².